The standard InChI is InChI=1S/C13H12N4O/c18-9-6-12-16-10-4-3-8-15-13(10)17(12)11-5-1-2-7-14-11/h1-5,7-8,18H,6,9H2. The van der Waals surface area contributed by atoms with Crippen molar-refractivity contribution in [3.63, 3.8) is 0 Å². The van der Waals surface area contributed by atoms with Gasteiger partial charge in [0.05, 0.1) is 6.61 Å². The van der Waals surface area contributed by atoms with Crippen LogP contribution in [0.25, 0.3) is 17.0 Å². The zero-order chi connectivity index (χ0) is 12.4. The Morgan fingerprint density at radius 2 is 1.94 bits per heavy atom. The molecule has 1 N–H and O–H groups in total. The van der Waals surface area contributed by atoms with Crippen LogP contribution >= 0.6 is 0 Å². The molecule has 3 aromatic heterocycles. The van der Waals surface area contributed by atoms with Gasteiger partial charge < -0.3 is 5.11 Å². The molecule has 3 aromatic rings. The molecule has 0 radical (unpaired) electrons. The van der Waals surface area contributed by atoms with Gasteiger partial charge in [0.15, 0.2) is 5.65 Å². The average molecular weight is 240 g/mol. The second kappa shape index (κ2) is 4.54. The van der Waals surface area contributed by atoms with Crippen LogP contribution in [0.1, 0.15) is 5.82 Å². The van der Waals surface area contributed by atoms with Crippen LogP contribution in [-0.2, 0) is 6.42 Å². The number of imidazole rings is 1. The number of fused-ring (bicyclic) bond motifs is 1. The summed E-state index contributed by atoms with van der Waals surface area (Å²) < 4.78 is 1.88. The zero-order valence-electron chi connectivity index (χ0n) is 9.69. The fourth-order valence-electron chi connectivity index (χ4n) is 1.95. The molecule has 3 heterocycles. The largest absolute Gasteiger partial charge is 0.396 e. The Morgan fingerprint density at radius 3 is 2.72 bits per heavy atom. The third kappa shape index (κ3) is 1.74. The van der Waals surface area contributed by atoms with Gasteiger partial charge in [-0.1, -0.05) is 6.07 Å². The molecule has 0 aliphatic rings. The maximum absolute atomic E-state index is 9.12. The Morgan fingerprint density at radius 1 is 1.06 bits per heavy atom. The van der Waals surface area contributed by atoms with Crippen LogP contribution in [0.4, 0.5) is 0 Å². The predicted octanol–water partition coefficient (Wildman–Crippen LogP) is 1.35. The third-order valence-corrected chi connectivity index (χ3v) is 2.70. The fourth-order valence-corrected chi connectivity index (χ4v) is 1.95. The highest BCUT2D eigenvalue weighted by Crippen LogP contribution is 2.18. The van der Waals surface area contributed by atoms with E-state index in [1.165, 1.54) is 0 Å². The van der Waals surface area contributed by atoms with Gasteiger partial charge in [0.2, 0.25) is 0 Å². The van der Waals surface area contributed by atoms with Gasteiger partial charge in [0.25, 0.3) is 0 Å². The number of aromatic nitrogens is 4. The van der Waals surface area contributed by atoms with Gasteiger partial charge in [-0.15, -0.1) is 0 Å². The highest BCUT2D eigenvalue weighted by Gasteiger charge is 2.13. The summed E-state index contributed by atoms with van der Waals surface area (Å²) in [5.41, 5.74) is 1.58. The lowest BCUT2D eigenvalue weighted by atomic mass is 10.4. The van der Waals surface area contributed by atoms with Crippen molar-refractivity contribution in [2.45, 2.75) is 6.42 Å². The van der Waals surface area contributed by atoms with E-state index in [1.54, 1.807) is 12.4 Å². The van der Waals surface area contributed by atoms with Gasteiger partial charge in [0, 0.05) is 18.8 Å². The summed E-state index contributed by atoms with van der Waals surface area (Å²) in [5.74, 6) is 1.53. The minimum absolute atomic E-state index is 0.0517. The Labute approximate surface area is 104 Å². The maximum atomic E-state index is 9.12. The average Bonchev–Trinajstić information content (AvgIpc) is 2.78. The number of aliphatic hydroxyl groups is 1. The van der Waals surface area contributed by atoms with Crippen LogP contribution in [0, 0.1) is 0 Å². The molecule has 0 amide bonds. The van der Waals surface area contributed by atoms with Crippen LogP contribution in [-0.4, -0.2) is 31.2 Å². The van der Waals surface area contributed by atoms with Gasteiger partial charge >= 0.3 is 0 Å². The van der Waals surface area contributed by atoms with E-state index in [0.29, 0.717) is 6.42 Å². The molecule has 3 rings (SSSR count). The van der Waals surface area contributed by atoms with Gasteiger partial charge in [-0.2, -0.15) is 0 Å². The lowest BCUT2D eigenvalue weighted by Gasteiger charge is -2.05. The van der Waals surface area contributed by atoms with E-state index < -0.39 is 0 Å². The Kier molecular flexibility index (Phi) is 2.74. The van der Waals surface area contributed by atoms with Crippen molar-refractivity contribution in [2.75, 3.05) is 6.61 Å². The second-order valence-corrected chi connectivity index (χ2v) is 3.87. The van der Waals surface area contributed by atoms with Crippen molar-refractivity contribution < 1.29 is 5.11 Å². The molecule has 0 bridgehead atoms. The molecule has 0 aromatic carbocycles. The minimum Gasteiger partial charge on any atom is -0.396 e. The van der Waals surface area contributed by atoms with Crippen LogP contribution < -0.4 is 0 Å². The van der Waals surface area contributed by atoms with Crippen molar-refractivity contribution in [1.29, 1.82) is 0 Å². The topological polar surface area (TPSA) is 63.8 Å². The van der Waals surface area contributed by atoms with Crippen LogP contribution in [0.5, 0.6) is 0 Å². The molecule has 0 aliphatic heterocycles. The number of rotatable bonds is 3. The molecule has 5 nitrogen and oxygen atoms in total. The van der Waals surface area contributed by atoms with Crippen LogP contribution in [0.3, 0.4) is 0 Å². The number of hydrogen-bond donors (Lipinski definition) is 1. The van der Waals surface area contributed by atoms with Crippen molar-refractivity contribution in [1.82, 2.24) is 19.5 Å². The molecular weight excluding hydrogens is 228 g/mol. The number of hydrogen-bond acceptors (Lipinski definition) is 4. The van der Waals surface area contributed by atoms with Gasteiger partial charge in [-0.25, -0.2) is 15.0 Å². The number of aliphatic hydroxyl groups excluding tert-OH is 1. The summed E-state index contributed by atoms with van der Waals surface area (Å²) in [6.45, 7) is 0.0517. The first-order chi connectivity index (χ1) is 8.90. The smallest absolute Gasteiger partial charge is 0.165 e. The second-order valence-electron chi connectivity index (χ2n) is 3.87. The summed E-state index contributed by atoms with van der Waals surface area (Å²) in [6, 6.07) is 9.43. The van der Waals surface area contributed by atoms with E-state index in [2.05, 4.69) is 15.0 Å². The molecule has 0 saturated carbocycles. The molecule has 90 valence electrons. The zero-order valence-corrected chi connectivity index (χ0v) is 9.69. The van der Waals surface area contributed by atoms with Crippen molar-refractivity contribution in [3.05, 3.63) is 48.5 Å². The van der Waals surface area contributed by atoms with E-state index >= 15 is 0 Å². The lowest BCUT2D eigenvalue weighted by molar-refractivity contribution is 0.296. The first-order valence-electron chi connectivity index (χ1n) is 5.75. The van der Waals surface area contributed by atoms with E-state index in [1.807, 2.05) is 34.9 Å². The monoisotopic (exact) mass is 240 g/mol. The SMILES string of the molecule is OCCc1nc2cccnc2n1-c1ccccn1. The predicted molar refractivity (Wildman–Crippen MR) is 67.4 cm³/mol. The number of nitrogens with zero attached hydrogens (tertiary/aromatic N) is 4. The van der Waals surface area contributed by atoms with E-state index in [9.17, 15) is 0 Å². The minimum atomic E-state index is 0.0517. The van der Waals surface area contributed by atoms with E-state index in [0.717, 1.165) is 22.8 Å². The fraction of sp³-hybridized carbons (Fsp3) is 0.154. The molecule has 0 unspecified atom stereocenters. The van der Waals surface area contributed by atoms with Gasteiger partial charge in [-0.05, 0) is 24.3 Å². The molecular formula is C13H12N4O. The summed E-state index contributed by atoms with van der Waals surface area (Å²) in [5, 5.41) is 9.12. The van der Waals surface area contributed by atoms with Gasteiger partial charge in [-0.3, -0.25) is 4.57 Å². The van der Waals surface area contributed by atoms with E-state index in [-0.39, 0.29) is 6.61 Å². The molecule has 5 heteroatoms. The van der Waals surface area contributed by atoms with Gasteiger partial charge in [0.1, 0.15) is 17.2 Å². The van der Waals surface area contributed by atoms with Crippen molar-refractivity contribution in [2.24, 2.45) is 0 Å². The normalized spacial score (nSPS) is 10.9. The van der Waals surface area contributed by atoms with Crippen molar-refractivity contribution >= 4 is 11.2 Å². The van der Waals surface area contributed by atoms with E-state index in [4.69, 9.17) is 5.11 Å². The molecule has 0 fully saturated rings. The maximum Gasteiger partial charge on any atom is 0.165 e. The highest BCUT2D eigenvalue weighted by atomic mass is 16.3. The number of pyridine rings is 2. The Balaban J connectivity index is 2.28. The Hall–Kier alpha value is -2.27. The van der Waals surface area contributed by atoms with Crippen LogP contribution in [0.15, 0.2) is 42.7 Å². The summed E-state index contributed by atoms with van der Waals surface area (Å²) in [7, 11) is 0. The van der Waals surface area contributed by atoms with Crippen LogP contribution in [0.2, 0.25) is 0 Å². The Bertz CT molecular complexity index is 663. The molecule has 0 saturated heterocycles. The molecule has 0 atom stereocenters. The molecule has 18 heavy (non-hydrogen) atoms. The quantitative estimate of drug-likeness (QED) is 0.750. The first kappa shape index (κ1) is 10.9. The molecule has 0 spiro atoms. The third-order valence-electron chi connectivity index (χ3n) is 2.70. The summed E-state index contributed by atoms with van der Waals surface area (Å²) in [6.07, 6.45) is 3.94. The summed E-state index contributed by atoms with van der Waals surface area (Å²) in [4.78, 5) is 13.1. The van der Waals surface area contributed by atoms with Crippen molar-refractivity contribution in [3.8, 4) is 5.82 Å². The highest BCUT2D eigenvalue weighted by molar-refractivity contribution is 5.73. The molecule has 0 aliphatic carbocycles. The lowest BCUT2D eigenvalue weighted by Crippen LogP contribution is -2.05. The first-order valence-corrected chi connectivity index (χ1v) is 5.75. The summed E-state index contributed by atoms with van der Waals surface area (Å²) >= 11 is 0.